The van der Waals surface area contributed by atoms with Crippen LogP contribution in [0.2, 0.25) is 0 Å². The van der Waals surface area contributed by atoms with E-state index in [1.807, 2.05) is 53.1 Å². The van der Waals surface area contributed by atoms with Crippen molar-refractivity contribution in [1.29, 1.82) is 0 Å². The van der Waals surface area contributed by atoms with Crippen molar-refractivity contribution in [2.45, 2.75) is 26.3 Å². The molecule has 3 heterocycles. The summed E-state index contributed by atoms with van der Waals surface area (Å²) in [6.07, 6.45) is 1.36. The van der Waals surface area contributed by atoms with Gasteiger partial charge in [-0.1, -0.05) is 19.1 Å². The summed E-state index contributed by atoms with van der Waals surface area (Å²) in [5.41, 5.74) is 2.40. The topological polar surface area (TPSA) is 77.6 Å². The molecule has 1 aromatic carbocycles. The number of carbonyl (C=O) groups excluding carboxylic acids is 1. The number of ether oxygens (including phenoxy) is 1. The lowest BCUT2D eigenvalue weighted by molar-refractivity contribution is -0.121. The van der Waals surface area contributed by atoms with Crippen LogP contribution >= 0.6 is 11.3 Å². The summed E-state index contributed by atoms with van der Waals surface area (Å²) >= 11 is 1.59. The number of aryl methyl sites for hydroxylation is 1. The van der Waals surface area contributed by atoms with Gasteiger partial charge in [0.25, 0.3) is 5.56 Å². The summed E-state index contributed by atoms with van der Waals surface area (Å²) < 4.78 is 9.34. The van der Waals surface area contributed by atoms with Crippen molar-refractivity contribution in [2.75, 3.05) is 13.7 Å². The maximum Gasteiger partial charge on any atom is 0.291 e. The van der Waals surface area contributed by atoms with E-state index in [9.17, 15) is 9.59 Å². The van der Waals surface area contributed by atoms with Crippen LogP contribution in [0.15, 0.2) is 46.6 Å². The zero-order valence-electron chi connectivity index (χ0n) is 16.3. The lowest BCUT2D eigenvalue weighted by Crippen LogP contribution is -2.36. The Kier molecular flexibility index (Phi) is 5.35. The molecule has 150 valence electrons. The van der Waals surface area contributed by atoms with Crippen LogP contribution in [0, 0.1) is 0 Å². The number of fused-ring (bicyclic) bond motifs is 3. The zero-order chi connectivity index (χ0) is 20.4. The largest absolute Gasteiger partial charge is 0.497 e. The Morgan fingerprint density at radius 2 is 2.00 bits per heavy atom. The molecule has 3 aromatic heterocycles. The highest BCUT2D eigenvalue weighted by atomic mass is 32.1. The van der Waals surface area contributed by atoms with Gasteiger partial charge in [-0.3, -0.25) is 14.0 Å². The van der Waals surface area contributed by atoms with Gasteiger partial charge in [-0.2, -0.15) is 5.10 Å². The average Bonchev–Trinajstić information content (AvgIpc) is 3.32. The quantitative estimate of drug-likeness (QED) is 0.508. The second-order valence-electron chi connectivity index (χ2n) is 6.72. The van der Waals surface area contributed by atoms with Gasteiger partial charge in [0.1, 0.15) is 23.6 Å². The van der Waals surface area contributed by atoms with Gasteiger partial charge in [-0.05, 0) is 41.6 Å². The maximum absolute atomic E-state index is 12.8. The molecule has 0 aliphatic heterocycles. The molecule has 0 spiro atoms. The summed E-state index contributed by atoms with van der Waals surface area (Å²) in [6.45, 7) is 2.39. The first-order valence-corrected chi connectivity index (χ1v) is 10.4. The van der Waals surface area contributed by atoms with Gasteiger partial charge in [0.05, 0.1) is 17.3 Å². The third kappa shape index (κ3) is 3.75. The number of methoxy groups -OCH3 is 1. The third-order valence-electron chi connectivity index (χ3n) is 4.88. The van der Waals surface area contributed by atoms with E-state index >= 15 is 0 Å². The second kappa shape index (κ2) is 8.08. The molecule has 4 rings (SSSR count). The lowest BCUT2D eigenvalue weighted by Gasteiger charge is -2.10. The minimum absolute atomic E-state index is 0.0935. The first kappa shape index (κ1) is 19.2. The molecule has 0 aliphatic rings. The number of amides is 1. The monoisotopic (exact) mass is 410 g/mol. The number of rotatable bonds is 7. The van der Waals surface area contributed by atoms with Gasteiger partial charge in [0, 0.05) is 13.0 Å². The molecule has 0 atom stereocenters. The van der Waals surface area contributed by atoms with Crippen LogP contribution in [0.25, 0.3) is 15.7 Å². The molecular formula is C21H22N4O3S. The Labute approximate surface area is 171 Å². The highest BCUT2D eigenvalue weighted by Gasteiger charge is 2.15. The van der Waals surface area contributed by atoms with Crippen molar-refractivity contribution in [3.63, 3.8) is 0 Å². The smallest absolute Gasteiger partial charge is 0.291 e. The molecule has 1 amide bonds. The van der Waals surface area contributed by atoms with Crippen molar-refractivity contribution in [3.05, 3.63) is 63.5 Å². The predicted octanol–water partition coefficient (Wildman–Crippen LogP) is 2.64. The maximum atomic E-state index is 12.8. The number of aromatic nitrogens is 3. The SMILES string of the molecule is CCc1nn(CC(=O)NCCc2ccc(OC)cc2)c(=O)c2cc3sccc3n12. The Morgan fingerprint density at radius 3 is 2.72 bits per heavy atom. The minimum Gasteiger partial charge on any atom is -0.497 e. The lowest BCUT2D eigenvalue weighted by atomic mass is 10.1. The first-order valence-electron chi connectivity index (χ1n) is 9.49. The van der Waals surface area contributed by atoms with Gasteiger partial charge >= 0.3 is 0 Å². The summed E-state index contributed by atoms with van der Waals surface area (Å²) in [5, 5.41) is 9.31. The highest BCUT2D eigenvalue weighted by molar-refractivity contribution is 7.17. The fraction of sp³-hybridized carbons (Fsp3) is 0.286. The number of nitrogens with one attached hydrogen (secondary N) is 1. The van der Waals surface area contributed by atoms with E-state index in [1.54, 1.807) is 18.4 Å². The molecule has 0 saturated carbocycles. The van der Waals surface area contributed by atoms with Crippen LogP contribution in [-0.2, 0) is 24.2 Å². The Hall–Kier alpha value is -3.13. The van der Waals surface area contributed by atoms with Crippen LogP contribution in [-0.4, -0.2) is 33.7 Å². The number of hydrogen-bond acceptors (Lipinski definition) is 5. The zero-order valence-corrected chi connectivity index (χ0v) is 17.2. The van der Waals surface area contributed by atoms with E-state index in [0.29, 0.717) is 24.9 Å². The molecule has 29 heavy (non-hydrogen) atoms. The minimum atomic E-state index is -0.254. The van der Waals surface area contributed by atoms with Crippen LogP contribution in [0.4, 0.5) is 0 Å². The van der Waals surface area contributed by atoms with Gasteiger partial charge < -0.3 is 10.1 Å². The fourth-order valence-electron chi connectivity index (χ4n) is 3.39. The normalized spacial score (nSPS) is 11.2. The number of nitrogens with zero attached hydrogens (tertiary/aromatic N) is 3. The summed E-state index contributed by atoms with van der Waals surface area (Å²) in [6, 6.07) is 11.6. The van der Waals surface area contributed by atoms with Crippen molar-refractivity contribution in [2.24, 2.45) is 0 Å². The standard InChI is InChI=1S/C21H22N4O3S/c1-3-19-23-24(21(27)17-12-18-16(25(17)19)9-11-29-18)13-20(26)22-10-8-14-4-6-15(28-2)7-5-14/h4-7,9,11-12H,3,8,10,13H2,1-2H3,(H,22,26). The van der Waals surface area contributed by atoms with Crippen molar-refractivity contribution in [1.82, 2.24) is 19.5 Å². The molecule has 0 radical (unpaired) electrons. The molecule has 8 heteroatoms. The molecule has 0 unspecified atom stereocenters. The van der Waals surface area contributed by atoms with Crippen molar-refractivity contribution < 1.29 is 9.53 Å². The molecule has 0 aliphatic carbocycles. The highest BCUT2D eigenvalue weighted by Crippen LogP contribution is 2.24. The molecule has 7 nitrogen and oxygen atoms in total. The molecule has 0 saturated heterocycles. The summed E-state index contributed by atoms with van der Waals surface area (Å²) in [4.78, 5) is 25.2. The van der Waals surface area contributed by atoms with E-state index in [0.717, 1.165) is 27.4 Å². The summed E-state index contributed by atoms with van der Waals surface area (Å²) in [7, 11) is 1.63. The molecule has 0 bridgehead atoms. The van der Waals surface area contributed by atoms with Crippen molar-refractivity contribution in [3.8, 4) is 5.75 Å². The predicted molar refractivity (Wildman–Crippen MR) is 114 cm³/mol. The first-order chi connectivity index (χ1) is 14.1. The van der Waals surface area contributed by atoms with Gasteiger partial charge in [0.15, 0.2) is 0 Å². The Morgan fingerprint density at radius 1 is 1.21 bits per heavy atom. The third-order valence-corrected chi connectivity index (χ3v) is 5.73. The summed E-state index contributed by atoms with van der Waals surface area (Å²) in [5.74, 6) is 1.34. The second-order valence-corrected chi connectivity index (χ2v) is 7.66. The average molecular weight is 410 g/mol. The number of thiophene rings is 1. The van der Waals surface area contributed by atoms with Gasteiger partial charge in [-0.15, -0.1) is 11.3 Å². The van der Waals surface area contributed by atoms with E-state index in [4.69, 9.17) is 4.74 Å². The molecule has 0 fully saturated rings. The van der Waals surface area contributed by atoms with E-state index in [2.05, 4.69) is 10.4 Å². The van der Waals surface area contributed by atoms with Crippen LogP contribution < -0.4 is 15.6 Å². The molecule has 1 N–H and O–H groups in total. The van der Waals surface area contributed by atoms with Crippen LogP contribution in [0.5, 0.6) is 5.75 Å². The van der Waals surface area contributed by atoms with E-state index < -0.39 is 0 Å². The fourth-order valence-corrected chi connectivity index (χ4v) is 4.19. The number of hydrogen-bond donors (Lipinski definition) is 1. The van der Waals surface area contributed by atoms with Gasteiger partial charge in [0.2, 0.25) is 5.91 Å². The Balaban J connectivity index is 1.47. The van der Waals surface area contributed by atoms with Crippen LogP contribution in [0.1, 0.15) is 18.3 Å². The number of carbonyl (C=O) groups is 1. The van der Waals surface area contributed by atoms with Crippen LogP contribution in [0.3, 0.4) is 0 Å². The van der Waals surface area contributed by atoms with Gasteiger partial charge in [-0.25, -0.2) is 4.68 Å². The number of benzene rings is 1. The molecule has 4 aromatic rings. The molecular weight excluding hydrogens is 388 g/mol. The van der Waals surface area contributed by atoms with E-state index in [1.165, 1.54) is 4.68 Å². The van der Waals surface area contributed by atoms with Crippen molar-refractivity contribution >= 4 is 33.0 Å². The Bertz CT molecular complexity index is 1220. The van der Waals surface area contributed by atoms with E-state index in [-0.39, 0.29) is 18.0 Å².